The average Bonchev–Trinajstić information content (AvgIpc) is 3.56. The number of aliphatic hydroxyl groups excluding tert-OH is 2. The third-order valence-corrected chi connectivity index (χ3v) is 6.75. The molecular formula is C29H40N8O11. The van der Waals surface area contributed by atoms with Crippen LogP contribution in [0.15, 0.2) is 42.9 Å². The lowest BCUT2D eigenvalue weighted by Gasteiger charge is -2.24. The Morgan fingerprint density at radius 2 is 1.54 bits per heavy atom. The van der Waals surface area contributed by atoms with Crippen molar-refractivity contribution in [1.82, 2.24) is 36.6 Å². The SMILES string of the molecule is COC(=O)[C@H](Cc1ccccc1)NC(=O)[C@@H](NC(=O)CNC(=O)[C@H](CC(=O)O)NC(=O)[C@H](CO)NC(=O)[C@@H](N)Cc1cnc[nH]1)[C@@H](C)O. The van der Waals surface area contributed by atoms with Crippen LogP contribution in [0.5, 0.6) is 0 Å². The van der Waals surface area contributed by atoms with Crippen molar-refractivity contribution in [3.8, 4) is 0 Å². The maximum absolute atomic E-state index is 13.0. The summed E-state index contributed by atoms with van der Waals surface area (Å²) in [6.07, 6.45) is 0.474. The molecule has 0 saturated carbocycles. The van der Waals surface area contributed by atoms with Crippen molar-refractivity contribution in [3.63, 3.8) is 0 Å². The smallest absolute Gasteiger partial charge is 0.328 e. The number of nitrogens with zero attached hydrogens (tertiary/aromatic N) is 1. The predicted octanol–water partition coefficient (Wildman–Crippen LogP) is -4.40. The van der Waals surface area contributed by atoms with E-state index in [1.807, 2.05) is 0 Å². The van der Waals surface area contributed by atoms with E-state index >= 15 is 0 Å². The van der Waals surface area contributed by atoms with Gasteiger partial charge in [-0.2, -0.15) is 0 Å². The highest BCUT2D eigenvalue weighted by Crippen LogP contribution is 2.06. The number of carboxylic acid groups (broad SMARTS) is 1. The summed E-state index contributed by atoms with van der Waals surface area (Å²) in [5, 5.41) is 40.2. The van der Waals surface area contributed by atoms with E-state index in [9.17, 15) is 48.9 Å². The normalized spacial score (nSPS) is 14.5. The van der Waals surface area contributed by atoms with E-state index in [2.05, 4.69) is 36.6 Å². The molecule has 2 aromatic rings. The maximum atomic E-state index is 13.0. The molecule has 262 valence electrons. The fraction of sp³-hybridized carbons (Fsp3) is 0.448. The molecule has 5 amide bonds. The summed E-state index contributed by atoms with van der Waals surface area (Å²) >= 11 is 0. The molecule has 0 bridgehead atoms. The monoisotopic (exact) mass is 676 g/mol. The van der Waals surface area contributed by atoms with E-state index in [4.69, 9.17) is 10.5 Å². The second kappa shape index (κ2) is 19.3. The standard InChI is InChI=1S/C29H40N8O11/c1-15(39)24(28(46)35-20(29(47)48-2)8-16-6-4-3-5-7-16)37-22(40)12-32-26(44)19(10-23(41)42)34-27(45)21(13-38)36-25(43)18(30)9-17-11-31-14-33-17/h3-7,11,14-15,18-21,24,38-39H,8-10,12-13,30H2,1-2H3,(H,31,33)(H,32,44)(H,34,45)(H,35,46)(H,36,43)(H,37,40)(H,41,42)/t15-,18+,19+,20+,21+,24+/m1/s1. The molecule has 0 fully saturated rings. The van der Waals surface area contributed by atoms with Gasteiger partial charge in [0.25, 0.3) is 0 Å². The molecular weight excluding hydrogens is 636 g/mol. The fourth-order valence-electron chi connectivity index (χ4n) is 4.22. The summed E-state index contributed by atoms with van der Waals surface area (Å²) in [5.74, 6) is -7.29. The number of carbonyl (C=O) groups is 7. The number of nitrogens with two attached hydrogens (primary N) is 1. The Kier molecular flexibility index (Phi) is 15.6. The Labute approximate surface area is 274 Å². The zero-order chi connectivity index (χ0) is 35.8. The van der Waals surface area contributed by atoms with Crippen molar-refractivity contribution in [1.29, 1.82) is 0 Å². The number of aromatic nitrogens is 2. The summed E-state index contributed by atoms with van der Waals surface area (Å²) in [7, 11) is 1.13. The predicted molar refractivity (Wildman–Crippen MR) is 164 cm³/mol. The number of rotatable bonds is 19. The minimum atomic E-state index is -1.76. The number of methoxy groups -OCH3 is 1. The number of aliphatic carboxylic acids is 1. The second-order valence-corrected chi connectivity index (χ2v) is 10.6. The highest BCUT2D eigenvalue weighted by molar-refractivity contribution is 5.96. The first-order chi connectivity index (χ1) is 22.7. The number of aromatic amines is 1. The van der Waals surface area contributed by atoms with Crippen molar-refractivity contribution in [2.24, 2.45) is 5.73 Å². The van der Waals surface area contributed by atoms with Gasteiger partial charge in [0.15, 0.2) is 0 Å². The lowest BCUT2D eigenvalue weighted by molar-refractivity contribution is -0.145. The minimum Gasteiger partial charge on any atom is -0.481 e. The van der Waals surface area contributed by atoms with E-state index in [0.717, 1.165) is 7.11 Å². The fourth-order valence-corrected chi connectivity index (χ4v) is 4.22. The zero-order valence-corrected chi connectivity index (χ0v) is 26.2. The van der Waals surface area contributed by atoms with E-state index < -0.39 is 97.4 Å². The molecule has 2 rings (SSSR count). The second-order valence-electron chi connectivity index (χ2n) is 10.6. The summed E-state index contributed by atoms with van der Waals surface area (Å²) < 4.78 is 4.75. The van der Waals surface area contributed by atoms with E-state index in [-0.39, 0.29) is 12.8 Å². The third kappa shape index (κ3) is 12.8. The molecule has 0 aliphatic rings. The van der Waals surface area contributed by atoms with Gasteiger partial charge in [-0.05, 0) is 12.5 Å². The Morgan fingerprint density at radius 3 is 2.10 bits per heavy atom. The number of carboxylic acids is 1. The molecule has 0 unspecified atom stereocenters. The molecule has 0 aliphatic carbocycles. The van der Waals surface area contributed by atoms with Crippen LogP contribution < -0.4 is 32.3 Å². The minimum absolute atomic E-state index is 0.0227. The number of esters is 1. The molecule has 19 nitrogen and oxygen atoms in total. The molecule has 1 heterocycles. The summed E-state index contributed by atoms with van der Waals surface area (Å²) in [6, 6.07) is 1.40. The molecule has 6 atom stereocenters. The molecule has 48 heavy (non-hydrogen) atoms. The van der Waals surface area contributed by atoms with E-state index in [1.54, 1.807) is 30.3 Å². The van der Waals surface area contributed by atoms with Crippen molar-refractivity contribution < 1.29 is 53.6 Å². The first-order valence-electron chi connectivity index (χ1n) is 14.6. The molecule has 1 aromatic carbocycles. The third-order valence-electron chi connectivity index (χ3n) is 6.75. The molecule has 1 aromatic heterocycles. The lowest BCUT2D eigenvalue weighted by atomic mass is 10.0. The molecule has 0 saturated heterocycles. The highest BCUT2D eigenvalue weighted by Gasteiger charge is 2.32. The number of aliphatic hydroxyl groups is 2. The highest BCUT2D eigenvalue weighted by atomic mass is 16.5. The topological polar surface area (TPSA) is 304 Å². The van der Waals surface area contributed by atoms with Crippen molar-refractivity contribution >= 4 is 41.5 Å². The molecule has 19 heteroatoms. The van der Waals surface area contributed by atoms with Crippen LogP contribution in [0.4, 0.5) is 0 Å². The van der Waals surface area contributed by atoms with Gasteiger partial charge < -0.3 is 57.4 Å². The summed E-state index contributed by atoms with van der Waals surface area (Å²) in [6.45, 7) is -0.552. The zero-order valence-electron chi connectivity index (χ0n) is 26.2. The maximum Gasteiger partial charge on any atom is 0.328 e. The Morgan fingerprint density at radius 1 is 0.896 bits per heavy atom. The van der Waals surface area contributed by atoms with Gasteiger partial charge in [-0.15, -0.1) is 0 Å². The van der Waals surface area contributed by atoms with Gasteiger partial charge in [0.2, 0.25) is 29.5 Å². The van der Waals surface area contributed by atoms with Gasteiger partial charge in [-0.25, -0.2) is 9.78 Å². The Hall–Kier alpha value is -5.40. The molecule has 0 aliphatic heterocycles. The number of amides is 5. The van der Waals surface area contributed by atoms with Crippen LogP contribution in [-0.4, -0.2) is 123 Å². The first-order valence-corrected chi connectivity index (χ1v) is 14.6. The van der Waals surface area contributed by atoms with Gasteiger partial charge in [0.1, 0.15) is 24.2 Å². The van der Waals surface area contributed by atoms with Crippen LogP contribution in [0.3, 0.4) is 0 Å². The van der Waals surface area contributed by atoms with Crippen LogP contribution in [0.1, 0.15) is 24.6 Å². The summed E-state index contributed by atoms with van der Waals surface area (Å²) in [5.41, 5.74) is 7.05. The number of hydrogen-bond donors (Lipinski definition) is 10. The van der Waals surface area contributed by atoms with Crippen LogP contribution in [-0.2, 0) is 51.1 Å². The van der Waals surface area contributed by atoms with Gasteiger partial charge in [0, 0.05) is 24.7 Å². The van der Waals surface area contributed by atoms with Gasteiger partial charge >= 0.3 is 11.9 Å². The lowest BCUT2D eigenvalue weighted by Crippen LogP contribution is -2.59. The number of benzene rings is 1. The summed E-state index contributed by atoms with van der Waals surface area (Å²) in [4.78, 5) is 93.9. The van der Waals surface area contributed by atoms with E-state index in [0.29, 0.717) is 11.3 Å². The number of H-pyrrole nitrogens is 1. The number of imidazole rings is 1. The van der Waals surface area contributed by atoms with Crippen LogP contribution in [0.2, 0.25) is 0 Å². The molecule has 11 N–H and O–H groups in total. The molecule has 0 spiro atoms. The number of nitrogens with one attached hydrogen (secondary N) is 6. The van der Waals surface area contributed by atoms with Crippen LogP contribution >= 0.6 is 0 Å². The quantitative estimate of drug-likeness (QED) is 0.0630. The average molecular weight is 677 g/mol. The van der Waals surface area contributed by atoms with Gasteiger partial charge in [-0.3, -0.25) is 28.8 Å². The van der Waals surface area contributed by atoms with Crippen LogP contribution in [0, 0.1) is 0 Å². The largest absolute Gasteiger partial charge is 0.481 e. The number of ether oxygens (including phenoxy) is 1. The van der Waals surface area contributed by atoms with Crippen LogP contribution in [0.25, 0.3) is 0 Å². The van der Waals surface area contributed by atoms with E-state index in [1.165, 1.54) is 19.4 Å². The van der Waals surface area contributed by atoms with Gasteiger partial charge in [-0.1, -0.05) is 30.3 Å². The van der Waals surface area contributed by atoms with Crippen molar-refractivity contribution in [2.75, 3.05) is 20.3 Å². The molecule has 0 radical (unpaired) electrons. The van der Waals surface area contributed by atoms with Gasteiger partial charge in [0.05, 0.1) is 45.2 Å². The number of hydrogen-bond acceptors (Lipinski definition) is 12. The van der Waals surface area contributed by atoms with Crippen molar-refractivity contribution in [3.05, 3.63) is 54.1 Å². The first kappa shape index (κ1) is 38.8. The Balaban J connectivity index is 2.00. The van der Waals surface area contributed by atoms with Crippen molar-refractivity contribution in [2.45, 2.75) is 62.5 Å². The Bertz CT molecular complexity index is 1410. The number of carbonyl (C=O) groups excluding carboxylic acids is 6.